The molecule has 0 amide bonds. The maximum atomic E-state index is 5.94. The number of hydrogen-bond donors (Lipinski definition) is 1. The highest BCUT2D eigenvalue weighted by molar-refractivity contribution is 6.30. The number of nitrogens with one attached hydrogen (secondary N) is 1. The molecular weight excluding hydrogens is 304 g/mol. The van der Waals surface area contributed by atoms with Crippen molar-refractivity contribution in [1.82, 2.24) is 10.2 Å². The van der Waals surface area contributed by atoms with Gasteiger partial charge in [-0.25, -0.2) is 0 Å². The number of benzene rings is 2. The molecule has 3 heteroatoms. The Kier molecular flexibility index (Phi) is 4.14. The van der Waals surface area contributed by atoms with Gasteiger partial charge in [0.2, 0.25) is 0 Å². The van der Waals surface area contributed by atoms with Gasteiger partial charge in [-0.2, -0.15) is 0 Å². The zero-order valence-electron chi connectivity index (χ0n) is 13.3. The van der Waals surface area contributed by atoms with Crippen LogP contribution in [0.5, 0.6) is 0 Å². The SMILES string of the molecule is Clc1ccc(CNC[C@H]2C[C@@]3(c4ccccc4)CCN2C3)cc1. The Hall–Kier alpha value is -1.35. The molecule has 2 bridgehead atoms. The highest BCUT2D eigenvalue weighted by Gasteiger charge is 2.49. The maximum Gasteiger partial charge on any atom is 0.0406 e. The normalized spacial score (nSPS) is 29.1. The first-order valence-electron chi connectivity index (χ1n) is 8.50. The summed E-state index contributed by atoms with van der Waals surface area (Å²) >= 11 is 5.94. The Balaban J connectivity index is 1.36. The van der Waals surface area contributed by atoms with Gasteiger partial charge in [0.05, 0.1) is 0 Å². The molecule has 3 atom stereocenters. The quantitative estimate of drug-likeness (QED) is 0.898. The first kappa shape index (κ1) is 15.2. The van der Waals surface area contributed by atoms with Crippen molar-refractivity contribution < 1.29 is 0 Å². The lowest BCUT2D eigenvalue weighted by Gasteiger charge is -2.30. The number of piperidine rings is 1. The van der Waals surface area contributed by atoms with E-state index in [4.69, 9.17) is 11.6 Å². The molecule has 23 heavy (non-hydrogen) atoms. The van der Waals surface area contributed by atoms with Gasteiger partial charge >= 0.3 is 0 Å². The topological polar surface area (TPSA) is 15.3 Å². The first-order chi connectivity index (χ1) is 11.3. The van der Waals surface area contributed by atoms with Crippen LogP contribution < -0.4 is 5.32 Å². The van der Waals surface area contributed by atoms with Gasteiger partial charge in [0.25, 0.3) is 0 Å². The van der Waals surface area contributed by atoms with E-state index in [0.717, 1.165) is 18.1 Å². The largest absolute Gasteiger partial charge is 0.311 e. The Bertz CT molecular complexity index is 655. The second-order valence-electron chi connectivity index (χ2n) is 6.98. The highest BCUT2D eigenvalue weighted by Crippen LogP contribution is 2.46. The van der Waals surface area contributed by atoms with Crippen molar-refractivity contribution in [3.8, 4) is 0 Å². The standard InChI is InChI=1S/C20H23ClN2/c21-18-8-6-16(7-9-18)13-22-14-19-12-20(10-11-23(19)15-20)17-4-2-1-3-5-17/h1-9,19,22H,10-15H2/t19-,20+/m1/s1. The smallest absolute Gasteiger partial charge is 0.0406 e. The molecule has 120 valence electrons. The van der Waals surface area contributed by atoms with Gasteiger partial charge in [0, 0.05) is 36.1 Å². The third-order valence-electron chi connectivity index (χ3n) is 5.53. The Morgan fingerprint density at radius 3 is 2.65 bits per heavy atom. The molecule has 4 rings (SSSR count). The van der Waals surface area contributed by atoms with E-state index in [-0.39, 0.29) is 0 Å². The van der Waals surface area contributed by atoms with Gasteiger partial charge in [-0.05, 0) is 42.6 Å². The van der Waals surface area contributed by atoms with Crippen LogP contribution >= 0.6 is 11.6 Å². The van der Waals surface area contributed by atoms with Crippen LogP contribution in [0.25, 0.3) is 0 Å². The van der Waals surface area contributed by atoms with Gasteiger partial charge in [0.15, 0.2) is 0 Å². The molecule has 0 saturated carbocycles. The number of rotatable bonds is 5. The predicted molar refractivity (Wildman–Crippen MR) is 95.9 cm³/mol. The molecule has 0 radical (unpaired) electrons. The number of hydrogen-bond acceptors (Lipinski definition) is 2. The minimum Gasteiger partial charge on any atom is -0.311 e. The fourth-order valence-electron chi connectivity index (χ4n) is 4.29. The molecule has 2 aliphatic rings. The van der Waals surface area contributed by atoms with E-state index in [0.29, 0.717) is 11.5 Å². The summed E-state index contributed by atoms with van der Waals surface area (Å²) < 4.78 is 0. The predicted octanol–water partition coefficient (Wildman–Crippen LogP) is 3.85. The molecule has 2 fully saturated rings. The van der Waals surface area contributed by atoms with Gasteiger partial charge in [0.1, 0.15) is 0 Å². The summed E-state index contributed by atoms with van der Waals surface area (Å²) in [7, 11) is 0. The molecule has 2 aromatic rings. The van der Waals surface area contributed by atoms with E-state index >= 15 is 0 Å². The Morgan fingerprint density at radius 2 is 1.87 bits per heavy atom. The molecule has 2 aliphatic heterocycles. The lowest BCUT2D eigenvalue weighted by Crippen LogP contribution is -2.39. The van der Waals surface area contributed by atoms with Crippen molar-refractivity contribution in [2.24, 2.45) is 0 Å². The molecule has 1 unspecified atom stereocenters. The third-order valence-corrected chi connectivity index (χ3v) is 5.79. The maximum absolute atomic E-state index is 5.94. The molecule has 2 heterocycles. The Morgan fingerprint density at radius 1 is 1.09 bits per heavy atom. The van der Waals surface area contributed by atoms with Crippen molar-refractivity contribution in [1.29, 1.82) is 0 Å². The number of nitrogens with zero attached hydrogens (tertiary/aromatic N) is 1. The van der Waals surface area contributed by atoms with Crippen molar-refractivity contribution in [2.45, 2.75) is 30.8 Å². The molecule has 0 aliphatic carbocycles. The van der Waals surface area contributed by atoms with Crippen LogP contribution in [0.3, 0.4) is 0 Å². The molecule has 1 N–H and O–H groups in total. The van der Waals surface area contributed by atoms with Crippen LogP contribution in [0.2, 0.25) is 5.02 Å². The molecule has 2 nitrogen and oxygen atoms in total. The van der Waals surface area contributed by atoms with Crippen LogP contribution in [0.1, 0.15) is 24.0 Å². The highest BCUT2D eigenvalue weighted by atomic mass is 35.5. The van der Waals surface area contributed by atoms with E-state index in [9.17, 15) is 0 Å². The molecule has 2 saturated heterocycles. The van der Waals surface area contributed by atoms with Crippen LogP contribution in [0.15, 0.2) is 54.6 Å². The summed E-state index contributed by atoms with van der Waals surface area (Å²) in [6.07, 6.45) is 2.59. The van der Waals surface area contributed by atoms with E-state index in [1.54, 1.807) is 0 Å². The van der Waals surface area contributed by atoms with Crippen molar-refractivity contribution in [2.75, 3.05) is 19.6 Å². The van der Waals surface area contributed by atoms with Crippen LogP contribution in [0, 0.1) is 0 Å². The molecular formula is C20H23ClN2. The second-order valence-corrected chi connectivity index (χ2v) is 7.42. The fourth-order valence-corrected chi connectivity index (χ4v) is 4.42. The Labute approximate surface area is 143 Å². The first-order valence-corrected chi connectivity index (χ1v) is 8.88. The summed E-state index contributed by atoms with van der Waals surface area (Å²) in [5.74, 6) is 0. The van der Waals surface area contributed by atoms with Crippen molar-refractivity contribution >= 4 is 11.6 Å². The fraction of sp³-hybridized carbons (Fsp3) is 0.400. The van der Waals surface area contributed by atoms with Crippen molar-refractivity contribution in [3.63, 3.8) is 0 Å². The second kappa shape index (κ2) is 6.27. The zero-order chi connectivity index (χ0) is 15.7. The minimum atomic E-state index is 0.397. The lowest BCUT2D eigenvalue weighted by atomic mass is 9.76. The van der Waals surface area contributed by atoms with Crippen LogP contribution in [0.4, 0.5) is 0 Å². The van der Waals surface area contributed by atoms with E-state index < -0.39 is 0 Å². The molecule has 0 spiro atoms. The van der Waals surface area contributed by atoms with Crippen molar-refractivity contribution in [3.05, 3.63) is 70.7 Å². The van der Waals surface area contributed by atoms with Gasteiger partial charge in [-0.3, -0.25) is 4.90 Å². The van der Waals surface area contributed by atoms with Crippen LogP contribution in [-0.4, -0.2) is 30.6 Å². The average molecular weight is 327 g/mol. The summed E-state index contributed by atoms with van der Waals surface area (Å²) in [5, 5.41) is 4.44. The average Bonchev–Trinajstić information content (AvgIpc) is 3.17. The van der Waals surface area contributed by atoms with Gasteiger partial charge < -0.3 is 5.32 Å². The summed E-state index contributed by atoms with van der Waals surface area (Å²) in [6, 6.07) is 19.9. The molecule has 0 aromatic heterocycles. The zero-order valence-corrected chi connectivity index (χ0v) is 14.1. The third kappa shape index (κ3) is 3.03. The molecule has 2 aromatic carbocycles. The number of fused-ring (bicyclic) bond motifs is 2. The van der Waals surface area contributed by atoms with Gasteiger partial charge in [-0.1, -0.05) is 54.1 Å². The summed E-state index contributed by atoms with van der Waals surface area (Å²) in [5.41, 5.74) is 3.22. The summed E-state index contributed by atoms with van der Waals surface area (Å²) in [4.78, 5) is 2.67. The monoisotopic (exact) mass is 326 g/mol. The van der Waals surface area contributed by atoms with Crippen LogP contribution in [-0.2, 0) is 12.0 Å². The summed E-state index contributed by atoms with van der Waals surface area (Å²) in [6.45, 7) is 4.45. The van der Waals surface area contributed by atoms with E-state index in [2.05, 4.69) is 52.7 Å². The van der Waals surface area contributed by atoms with E-state index in [1.807, 2.05) is 12.1 Å². The van der Waals surface area contributed by atoms with Gasteiger partial charge in [-0.15, -0.1) is 0 Å². The number of halogens is 1. The minimum absolute atomic E-state index is 0.397. The van der Waals surface area contributed by atoms with E-state index in [1.165, 1.54) is 37.1 Å². The lowest BCUT2D eigenvalue weighted by molar-refractivity contribution is 0.250.